The number of hydrogen-bond acceptors (Lipinski definition) is 5. The van der Waals surface area contributed by atoms with Gasteiger partial charge in [0.1, 0.15) is 5.69 Å². The summed E-state index contributed by atoms with van der Waals surface area (Å²) in [7, 11) is -0.768. The van der Waals surface area contributed by atoms with E-state index in [2.05, 4.69) is 10.4 Å². The molecule has 30 heavy (non-hydrogen) atoms. The zero-order valence-corrected chi connectivity index (χ0v) is 17.7. The van der Waals surface area contributed by atoms with Gasteiger partial charge in [0.25, 0.3) is 11.5 Å². The molecule has 3 rings (SSSR count). The smallest absolute Gasteiger partial charge is 0.276 e. The fourth-order valence-electron chi connectivity index (χ4n) is 2.79. The van der Waals surface area contributed by atoms with Crippen molar-refractivity contribution in [3.05, 3.63) is 87.8 Å². The summed E-state index contributed by atoms with van der Waals surface area (Å²) in [6.07, 6.45) is 0. The number of rotatable bonds is 6. The Labute approximate surface area is 174 Å². The van der Waals surface area contributed by atoms with Crippen LogP contribution in [0.4, 0.5) is 5.69 Å². The maximum Gasteiger partial charge on any atom is 0.276 e. The number of sulfonamides is 1. The van der Waals surface area contributed by atoms with Crippen LogP contribution in [0.2, 0.25) is 0 Å². The van der Waals surface area contributed by atoms with Crippen LogP contribution in [0.1, 0.15) is 21.6 Å². The Hall–Kier alpha value is -3.30. The molecule has 0 spiro atoms. The maximum absolute atomic E-state index is 12.7. The van der Waals surface area contributed by atoms with Crippen LogP contribution in [0.25, 0.3) is 0 Å². The molecule has 156 valence electrons. The molecule has 0 aliphatic heterocycles. The third-order valence-electron chi connectivity index (χ3n) is 4.48. The van der Waals surface area contributed by atoms with Crippen LogP contribution >= 0.6 is 0 Å². The zero-order valence-electron chi connectivity index (χ0n) is 16.9. The van der Waals surface area contributed by atoms with Gasteiger partial charge in [0.2, 0.25) is 10.0 Å². The highest BCUT2D eigenvalue weighted by Crippen LogP contribution is 2.22. The average molecular weight is 426 g/mol. The van der Waals surface area contributed by atoms with Crippen molar-refractivity contribution in [3.63, 3.8) is 0 Å². The normalized spacial score (nSPS) is 11.5. The summed E-state index contributed by atoms with van der Waals surface area (Å²) in [5, 5.41) is 6.79. The molecular weight excluding hydrogens is 404 g/mol. The van der Waals surface area contributed by atoms with Crippen molar-refractivity contribution in [2.75, 3.05) is 19.4 Å². The van der Waals surface area contributed by atoms with E-state index in [0.717, 1.165) is 9.87 Å². The van der Waals surface area contributed by atoms with Crippen molar-refractivity contribution >= 4 is 21.6 Å². The molecular formula is C21H22N4O4S. The van der Waals surface area contributed by atoms with Crippen molar-refractivity contribution in [1.29, 1.82) is 0 Å². The number of amides is 1. The molecule has 1 N–H and O–H groups in total. The first-order valence-electron chi connectivity index (χ1n) is 9.15. The van der Waals surface area contributed by atoms with Crippen molar-refractivity contribution in [3.8, 4) is 0 Å². The van der Waals surface area contributed by atoms with Crippen LogP contribution in [-0.4, -0.2) is 42.5 Å². The number of anilines is 1. The molecule has 0 saturated carbocycles. The van der Waals surface area contributed by atoms with E-state index in [9.17, 15) is 18.0 Å². The molecule has 9 heteroatoms. The molecule has 0 fully saturated rings. The van der Waals surface area contributed by atoms with Crippen molar-refractivity contribution in [1.82, 2.24) is 14.1 Å². The van der Waals surface area contributed by atoms with Gasteiger partial charge in [-0.05, 0) is 36.2 Å². The lowest BCUT2D eigenvalue weighted by Gasteiger charge is -2.15. The molecule has 0 unspecified atom stereocenters. The minimum Gasteiger partial charge on any atom is -0.321 e. The third-order valence-corrected chi connectivity index (χ3v) is 6.44. The summed E-state index contributed by atoms with van der Waals surface area (Å²) in [5.74, 6) is -0.547. The summed E-state index contributed by atoms with van der Waals surface area (Å²) in [5.41, 5.74) is 1.47. The highest BCUT2D eigenvalue weighted by atomic mass is 32.2. The number of nitrogens with one attached hydrogen (secondary N) is 1. The number of aromatic nitrogens is 2. The first kappa shape index (κ1) is 21.4. The number of nitrogens with zero attached hydrogens (tertiary/aromatic N) is 3. The van der Waals surface area contributed by atoms with E-state index in [0.29, 0.717) is 11.3 Å². The number of aryl methyl sites for hydroxylation is 1. The Bertz CT molecular complexity index is 1240. The summed E-state index contributed by atoms with van der Waals surface area (Å²) in [6.45, 7) is 1.92. The number of carbonyl (C=O) groups is 1. The van der Waals surface area contributed by atoms with Gasteiger partial charge in [-0.1, -0.05) is 36.4 Å². The third kappa shape index (κ3) is 4.64. The number of benzene rings is 2. The second-order valence-corrected chi connectivity index (χ2v) is 9.04. The SMILES string of the molecule is Cc1ccc(NC(=O)c2ccc(=O)n(Cc3ccccc3)n2)cc1S(=O)(=O)N(C)C. The first-order chi connectivity index (χ1) is 14.2. The predicted molar refractivity (Wildman–Crippen MR) is 114 cm³/mol. The fraction of sp³-hybridized carbons (Fsp3) is 0.190. The van der Waals surface area contributed by atoms with Crippen LogP contribution in [0.3, 0.4) is 0 Å². The molecule has 2 aromatic carbocycles. The summed E-state index contributed by atoms with van der Waals surface area (Å²) >= 11 is 0. The predicted octanol–water partition coefficient (Wildman–Crippen LogP) is 2.10. The van der Waals surface area contributed by atoms with Crippen molar-refractivity contribution in [2.45, 2.75) is 18.4 Å². The van der Waals surface area contributed by atoms with Crippen molar-refractivity contribution in [2.24, 2.45) is 0 Å². The molecule has 0 aliphatic carbocycles. The van der Waals surface area contributed by atoms with Crippen LogP contribution in [0.5, 0.6) is 0 Å². The van der Waals surface area contributed by atoms with Crippen LogP contribution in [0, 0.1) is 6.92 Å². The van der Waals surface area contributed by atoms with E-state index < -0.39 is 15.9 Å². The lowest BCUT2D eigenvalue weighted by atomic mass is 10.2. The summed E-state index contributed by atoms with van der Waals surface area (Å²) in [4.78, 5) is 24.9. The van der Waals surface area contributed by atoms with Gasteiger partial charge >= 0.3 is 0 Å². The molecule has 0 saturated heterocycles. The van der Waals surface area contributed by atoms with E-state index in [4.69, 9.17) is 0 Å². The number of hydrogen-bond donors (Lipinski definition) is 1. The molecule has 1 heterocycles. The lowest BCUT2D eigenvalue weighted by molar-refractivity contribution is 0.102. The Morgan fingerprint density at radius 3 is 2.43 bits per heavy atom. The molecule has 3 aromatic rings. The Balaban J connectivity index is 1.86. The second-order valence-electron chi connectivity index (χ2n) is 6.92. The zero-order chi connectivity index (χ0) is 21.9. The summed E-state index contributed by atoms with van der Waals surface area (Å²) in [6, 6.07) is 16.6. The van der Waals surface area contributed by atoms with E-state index in [1.807, 2.05) is 30.3 Å². The molecule has 0 bridgehead atoms. The largest absolute Gasteiger partial charge is 0.321 e. The molecule has 0 atom stereocenters. The van der Waals surface area contributed by atoms with Gasteiger partial charge in [0.05, 0.1) is 11.4 Å². The Kier molecular flexibility index (Phi) is 6.14. The number of carbonyl (C=O) groups excluding carboxylic acids is 1. The molecule has 1 aromatic heterocycles. The van der Waals surface area contributed by atoms with E-state index >= 15 is 0 Å². The standard InChI is InChI=1S/C21H22N4O4S/c1-15-9-10-17(13-19(15)30(28,29)24(2)3)22-21(27)18-11-12-20(26)25(23-18)14-16-7-5-4-6-8-16/h4-13H,14H2,1-3H3,(H,22,27). The maximum atomic E-state index is 12.7. The van der Waals surface area contributed by atoms with Gasteiger partial charge in [-0.3, -0.25) is 9.59 Å². The highest BCUT2D eigenvalue weighted by Gasteiger charge is 2.21. The van der Waals surface area contributed by atoms with Crippen molar-refractivity contribution < 1.29 is 13.2 Å². The van der Waals surface area contributed by atoms with Gasteiger partial charge < -0.3 is 5.32 Å². The average Bonchev–Trinajstić information content (AvgIpc) is 2.71. The molecule has 0 aliphatic rings. The van der Waals surface area contributed by atoms with Gasteiger partial charge in [0.15, 0.2) is 0 Å². The minimum atomic E-state index is -3.66. The minimum absolute atomic E-state index is 0.0446. The lowest BCUT2D eigenvalue weighted by Crippen LogP contribution is -2.26. The van der Waals surface area contributed by atoms with E-state index in [1.165, 1.54) is 37.0 Å². The molecule has 0 radical (unpaired) electrons. The Morgan fingerprint density at radius 1 is 1.07 bits per heavy atom. The molecule has 8 nitrogen and oxygen atoms in total. The van der Waals surface area contributed by atoms with Crippen LogP contribution in [0.15, 0.2) is 70.4 Å². The monoisotopic (exact) mass is 426 g/mol. The summed E-state index contributed by atoms with van der Waals surface area (Å²) < 4.78 is 27.3. The van der Waals surface area contributed by atoms with Gasteiger partial charge in [-0.15, -0.1) is 0 Å². The van der Waals surface area contributed by atoms with Gasteiger partial charge in [-0.2, -0.15) is 5.10 Å². The van der Waals surface area contributed by atoms with Gasteiger partial charge in [-0.25, -0.2) is 17.4 Å². The molecule has 1 amide bonds. The van der Waals surface area contributed by atoms with Crippen LogP contribution in [-0.2, 0) is 16.6 Å². The van der Waals surface area contributed by atoms with E-state index in [1.54, 1.807) is 19.1 Å². The Morgan fingerprint density at radius 2 is 1.77 bits per heavy atom. The second kappa shape index (κ2) is 8.60. The van der Waals surface area contributed by atoms with Gasteiger partial charge in [0, 0.05) is 25.8 Å². The topological polar surface area (TPSA) is 101 Å². The first-order valence-corrected chi connectivity index (χ1v) is 10.6. The van der Waals surface area contributed by atoms with E-state index in [-0.39, 0.29) is 22.7 Å². The van der Waals surface area contributed by atoms with Crippen LogP contribution < -0.4 is 10.9 Å². The fourth-order valence-corrected chi connectivity index (χ4v) is 3.93. The quantitative estimate of drug-likeness (QED) is 0.650. The highest BCUT2D eigenvalue weighted by molar-refractivity contribution is 7.89.